The van der Waals surface area contributed by atoms with Crippen molar-refractivity contribution in [2.24, 2.45) is 0 Å². The number of rotatable bonds is 1. The van der Waals surface area contributed by atoms with Crippen LogP contribution in [0.25, 0.3) is 0 Å². The van der Waals surface area contributed by atoms with Crippen molar-refractivity contribution < 1.29 is 0 Å². The van der Waals surface area contributed by atoms with Crippen LogP contribution in [0.3, 0.4) is 0 Å². The standard InChI is InChI=1S/C10H15NS.C2H6/c1-7-6-12-10-4-3-8(11-2)5-9(7)10;1-2/h6,8,11H,3-5H2,1-2H3;1-2H3. The Morgan fingerprint density at radius 1 is 1.43 bits per heavy atom. The Labute approximate surface area is 91.5 Å². The third-order valence-corrected chi connectivity index (χ3v) is 3.98. The SMILES string of the molecule is CC.CNC1CCc2scc(C)c2C1. The molecule has 1 aliphatic carbocycles. The highest BCUT2D eigenvalue weighted by Gasteiger charge is 2.19. The molecule has 0 fully saturated rings. The molecule has 1 aliphatic rings. The Morgan fingerprint density at radius 3 is 2.79 bits per heavy atom. The molecule has 1 unspecified atom stereocenters. The van der Waals surface area contributed by atoms with Gasteiger partial charge < -0.3 is 5.32 Å². The zero-order valence-electron chi connectivity index (χ0n) is 9.68. The van der Waals surface area contributed by atoms with E-state index in [1.165, 1.54) is 24.8 Å². The first-order chi connectivity index (χ1) is 6.81. The number of thiophene rings is 1. The van der Waals surface area contributed by atoms with E-state index in [2.05, 4.69) is 24.7 Å². The normalized spacial score (nSPS) is 19.6. The minimum atomic E-state index is 0.714. The van der Waals surface area contributed by atoms with Crippen molar-refractivity contribution >= 4 is 11.3 Å². The molecule has 14 heavy (non-hydrogen) atoms. The molecule has 0 spiro atoms. The van der Waals surface area contributed by atoms with Crippen molar-refractivity contribution in [3.05, 3.63) is 21.4 Å². The number of aryl methyl sites for hydroxylation is 2. The van der Waals surface area contributed by atoms with Gasteiger partial charge in [0.2, 0.25) is 0 Å². The highest BCUT2D eigenvalue weighted by atomic mass is 32.1. The Kier molecular flexibility index (Phi) is 4.63. The fourth-order valence-electron chi connectivity index (χ4n) is 1.91. The van der Waals surface area contributed by atoms with Crippen molar-refractivity contribution in [2.45, 2.75) is 46.1 Å². The molecule has 0 saturated carbocycles. The summed E-state index contributed by atoms with van der Waals surface area (Å²) < 4.78 is 0. The average molecular weight is 211 g/mol. The molecule has 0 bridgehead atoms. The first-order valence-corrected chi connectivity index (χ1v) is 6.42. The van der Waals surface area contributed by atoms with Crippen LogP contribution in [0.1, 0.15) is 36.3 Å². The number of hydrogen-bond acceptors (Lipinski definition) is 2. The van der Waals surface area contributed by atoms with E-state index in [9.17, 15) is 0 Å². The lowest BCUT2D eigenvalue weighted by Crippen LogP contribution is -2.31. The van der Waals surface area contributed by atoms with E-state index in [4.69, 9.17) is 0 Å². The molecule has 1 heterocycles. The maximum atomic E-state index is 3.37. The molecule has 1 aromatic heterocycles. The van der Waals surface area contributed by atoms with Crippen LogP contribution in [0.2, 0.25) is 0 Å². The lowest BCUT2D eigenvalue weighted by Gasteiger charge is -2.22. The van der Waals surface area contributed by atoms with Crippen LogP contribution >= 0.6 is 11.3 Å². The van der Waals surface area contributed by atoms with Gasteiger partial charge in [0, 0.05) is 10.9 Å². The Hall–Kier alpha value is -0.340. The van der Waals surface area contributed by atoms with Crippen LogP contribution < -0.4 is 5.32 Å². The first-order valence-electron chi connectivity index (χ1n) is 5.54. The van der Waals surface area contributed by atoms with E-state index >= 15 is 0 Å². The third-order valence-electron chi connectivity index (χ3n) is 2.77. The Bertz CT molecular complexity index is 278. The average Bonchev–Trinajstić information content (AvgIpc) is 2.63. The van der Waals surface area contributed by atoms with Gasteiger partial charge in [0.1, 0.15) is 0 Å². The smallest absolute Gasteiger partial charge is 0.0108 e. The summed E-state index contributed by atoms with van der Waals surface area (Å²) in [6.45, 7) is 6.23. The van der Waals surface area contributed by atoms with Crippen molar-refractivity contribution in [2.75, 3.05) is 7.05 Å². The number of fused-ring (bicyclic) bond motifs is 1. The summed E-state index contributed by atoms with van der Waals surface area (Å²) in [5.74, 6) is 0. The van der Waals surface area contributed by atoms with Crippen LogP contribution in [0.15, 0.2) is 5.38 Å². The summed E-state index contributed by atoms with van der Waals surface area (Å²) in [4.78, 5) is 1.62. The van der Waals surface area contributed by atoms with Crippen molar-refractivity contribution in [1.82, 2.24) is 5.32 Å². The van der Waals surface area contributed by atoms with Crippen LogP contribution in [0.5, 0.6) is 0 Å². The van der Waals surface area contributed by atoms with Gasteiger partial charge in [0.25, 0.3) is 0 Å². The molecule has 1 aromatic rings. The monoisotopic (exact) mass is 211 g/mol. The highest BCUT2D eigenvalue weighted by Crippen LogP contribution is 2.29. The largest absolute Gasteiger partial charge is 0.317 e. The summed E-state index contributed by atoms with van der Waals surface area (Å²) in [7, 11) is 2.07. The summed E-state index contributed by atoms with van der Waals surface area (Å²) in [5.41, 5.74) is 3.11. The van der Waals surface area contributed by atoms with Crippen LogP contribution in [0, 0.1) is 6.92 Å². The molecule has 0 saturated heterocycles. The highest BCUT2D eigenvalue weighted by molar-refractivity contribution is 7.10. The second-order valence-corrected chi connectivity index (χ2v) is 4.51. The topological polar surface area (TPSA) is 12.0 Å². The minimum absolute atomic E-state index is 0.714. The van der Waals surface area contributed by atoms with Crippen molar-refractivity contribution in [1.29, 1.82) is 0 Å². The molecular formula is C12H21NS. The molecule has 0 aliphatic heterocycles. The van der Waals surface area contributed by atoms with E-state index < -0.39 is 0 Å². The van der Waals surface area contributed by atoms with E-state index in [-0.39, 0.29) is 0 Å². The second kappa shape index (κ2) is 5.52. The molecule has 80 valence electrons. The van der Waals surface area contributed by atoms with Gasteiger partial charge in [-0.25, -0.2) is 0 Å². The number of nitrogens with one attached hydrogen (secondary N) is 1. The predicted octanol–water partition coefficient (Wildman–Crippen LogP) is 3.16. The zero-order valence-corrected chi connectivity index (χ0v) is 10.5. The van der Waals surface area contributed by atoms with Gasteiger partial charge in [-0.1, -0.05) is 13.8 Å². The van der Waals surface area contributed by atoms with E-state index in [0.29, 0.717) is 6.04 Å². The number of hydrogen-bond donors (Lipinski definition) is 1. The van der Waals surface area contributed by atoms with Gasteiger partial charge in [-0.3, -0.25) is 0 Å². The third kappa shape index (κ3) is 2.37. The minimum Gasteiger partial charge on any atom is -0.317 e. The van der Waals surface area contributed by atoms with Crippen LogP contribution in [0.4, 0.5) is 0 Å². The summed E-state index contributed by atoms with van der Waals surface area (Å²) in [5, 5.41) is 5.66. The summed E-state index contributed by atoms with van der Waals surface area (Å²) >= 11 is 1.94. The quantitative estimate of drug-likeness (QED) is 0.752. The van der Waals surface area contributed by atoms with Crippen molar-refractivity contribution in [3.63, 3.8) is 0 Å². The second-order valence-electron chi connectivity index (χ2n) is 3.55. The molecule has 1 nitrogen and oxygen atoms in total. The van der Waals surface area contributed by atoms with Gasteiger partial charge in [-0.05, 0) is 49.7 Å². The molecule has 0 amide bonds. The predicted molar refractivity (Wildman–Crippen MR) is 65.3 cm³/mol. The van der Waals surface area contributed by atoms with Gasteiger partial charge in [-0.15, -0.1) is 11.3 Å². The summed E-state index contributed by atoms with van der Waals surface area (Å²) in [6.07, 6.45) is 3.82. The fourth-order valence-corrected chi connectivity index (χ4v) is 2.99. The molecule has 2 rings (SSSR count). The lowest BCUT2D eigenvalue weighted by molar-refractivity contribution is 0.499. The maximum Gasteiger partial charge on any atom is 0.0108 e. The molecule has 1 atom stereocenters. The molecule has 0 radical (unpaired) electrons. The van der Waals surface area contributed by atoms with Crippen LogP contribution in [-0.2, 0) is 12.8 Å². The Morgan fingerprint density at radius 2 is 2.14 bits per heavy atom. The summed E-state index contributed by atoms with van der Waals surface area (Å²) in [6, 6.07) is 0.714. The van der Waals surface area contributed by atoms with Gasteiger partial charge in [0.15, 0.2) is 0 Å². The molecule has 1 N–H and O–H groups in total. The van der Waals surface area contributed by atoms with Gasteiger partial charge in [0.05, 0.1) is 0 Å². The van der Waals surface area contributed by atoms with E-state index in [1.807, 2.05) is 25.2 Å². The van der Waals surface area contributed by atoms with Crippen molar-refractivity contribution in [3.8, 4) is 0 Å². The first kappa shape index (κ1) is 11.7. The Balaban J connectivity index is 0.000000461. The molecule has 2 heteroatoms. The van der Waals surface area contributed by atoms with Gasteiger partial charge in [-0.2, -0.15) is 0 Å². The zero-order chi connectivity index (χ0) is 10.6. The van der Waals surface area contributed by atoms with Crippen LogP contribution in [-0.4, -0.2) is 13.1 Å². The van der Waals surface area contributed by atoms with E-state index in [1.54, 1.807) is 10.4 Å². The number of likely N-dealkylation sites (N-methyl/N-ethyl adjacent to an activating group) is 1. The maximum absolute atomic E-state index is 3.37. The fraction of sp³-hybridized carbons (Fsp3) is 0.667. The van der Waals surface area contributed by atoms with E-state index in [0.717, 1.165) is 0 Å². The lowest BCUT2D eigenvalue weighted by atomic mass is 9.92. The van der Waals surface area contributed by atoms with Gasteiger partial charge >= 0.3 is 0 Å². The molecule has 0 aromatic carbocycles. The molecular weight excluding hydrogens is 190 g/mol.